The molecule has 0 spiro atoms. The molecule has 4 rings (SSSR count). The molecule has 0 aliphatic carbocycles. The number of carbonyl (C=O) groups excluding carboxylic acids is 1. The molecule has 3 aromatic carbocycles. The van der Waals surface area contributed by atoms with Crippen LogP contribution in [-0.4, -0.2) is 17.9 Å². The Kier molecular flexibility index (Phi) is 4.73. The third kappa shape index (κ3) is 3.36. The van der Waals surface area contributed by atoms with Gasteiger partial charge >= 0.3 is 0 Å². The molecule has 1 N–H and O–H groups in total. The van der Waals surface area contributed by atoms with Gasteiger partial charge < -0.3 is 15.0 Å². The molecule has 5 heteroatoms. The summed E-state index contributed by atoms with van der Waals surface area (Å²) in [5, 5.41) is 3.98. The zero-order valence-electron chi connectivity index (χ0n) is 14.9. The quantitative estimate of drug-likeness (QED) is 0.670. The average molecular weight is 379 g/mol. The topological polar surface area (TPSA) is 41.6 Å². The Morgan fingerprint density at radius 3 is 2.52 bits per heavy atom. The molecule has 4 nitrogen and oxygen atoms in total. The molecule has 0 aromatic heterocycles. The first-order valence-corrected chi connectivity index (χ1v) is 9.09. The van der Waals surface area contributed by atoms with E-state index in [0.717, 1.165) is 22.4 Å². The SMILES string of the molecule is COc1ccc(N[C@@H]2c3ccccc3C(=O)N2Cc2ccccc2)cc1Cl. The van der Waals surface area contributed by atoms with E-state index in [4.69, 9.17) is 16.3 Å². The van der Waals surface area contributed by atoms with Crippen molar-refractivity contribution in [1.82, 2.24) is 4.90 Å². The van der Waals surface area contributed by atoms with E-state index < -0.39 is 0 Å². The maximum Gasteiger partial charge on any atom is 0.256 e. The van der Waals surface area contributed by atoms with E-state index in [1.807, 2.05) is 77.7 Å². The molecule has 27 heavy (non-hydrogen) atoms. The Labute approximate surface area is 163 Å². The number of methoxy groups -OCH3 is 1. The summed E-state index contributed by atoms with van der Waals surface area (Å²) < 4.78 is 5.22. The van der Waals surface area contributed by atoms with E-state index >= 15 is 0 Å². The number of anilines is 1. The summed E-state index contributed by atoms with van der Waals surface area (Å²) >= 11 is 6.26. The van der Waals surface area contributed by atoms with E-state index in [-0.39, 0.29) is 12.1 Å². The fraction of sp³-hybridized carbons (Fsp3) is 0.136. The van der Waals surface area contributed by atoms with Crippen LogP contribution in [0, 0.1) is 0 Å². The summed E-state index contributed by atoms with van der Waals surface area (Å²) in [5.74, 6) is 0.637. The first-order valence-electron chi connectivity index (χ1n) is 8.71. The number of hydrogen-bond acceptors (Lipinski definition) is 3. The second-order valence-corrected chi connectivity index (χ2v) is 6.81. The predicted octanol–water partition coefficient (Wildman–Crippen LogP) is 5.12. The molecule has 0 bridgehead atoms. The molecular formula is C22H19ClN2O2. The number of hydrogen-bond donors (Lipinski definition) is 1. The highest BCUT2D eigenvalue weighted by Crippen LogP contribution is 2.37. The van der Waals surface area contributed by atoms with Crippen LogP contribution in [0.1, 0.15) is 27.7 Å². The standard InChI is InChI=1S/C22H19ClN2O2/c1-27-20-12-11-16(13-19(20)23)24-21-17-9-5-6-10-18(17)22(26)25(21)14-15-7-3-2-4-8-15/h2-13,21,24H,14H2,1H3/t21-/m0/s1. The second kappa shape index (κ2) is 7.33. The normalized spacial score (nSPS) is 15.6. The summed E-state index contributed by atoms with van der Waals surface area (Å²) in [7, 11) is 1.59. The van der Waals surface area contributed by atoms with Crippen LogP contribution in [0.25, 0.3) is 0 Å². The molecule has 0 saturated carbocycles. The third-order valence-electron chi connectivity index (χ3n) is 4.71. The molecule has 0 fully saturated rings. The van der Waals surface area contributed by atoms with Gasteiger partial charge in [-0.25, -0.2) is 0 Å². The molecule has 0 saturated heterocycles. The van der Waals surface area contributed by atoms with Gasteiger partial charge in [0.2, 0.25) is 0 Å². The molecule has 136 valence electrons. The minimum atomic E-state index is -0.265. The largest absolute Gasteiger partial charge is 0.495 e. The number of benzene rings is 3. The van der Waals surface area contributed by atoms with Crippen LogP contribution in [0.15, 0.2) is 72.8 Å². The van der Waals surface area contributed by atoms with Gasteiger partial charge in [-0.15, -0.1) is 0 Å². The van der Waals surface area contributed by atoms with E-state index in [9.17, 15) is 4.79 Å². The monoisotopic (exact) mass is 378 g/mol. The van der Waals surface area contributed by atoms with Crippen LogP contribution in [0.4, 0.5) is 5.69 Å². The minimum Gasteiger partial charge on any atom is -0.495 e. The Morgan fingerprint density at radius 2 is 1.78 bits per heavy atom. The Hall–Kier alpha value is -2.98. The molecule has 0 unspecified atom stereocenters. The van der Waals surface area contributed by atoms with Crippen LogP contribution >= 0.6 is 11.6 Å². The van der Waals surface area contributed by atoms with Crippen molar-refractivity contribution in [2.75, 3.05) is 12.4 Å². The van der Waals surface area contributed by atoms with E-state index in [0.29, 0.717) is 17.3 Å². The van der Waals surface area contributed by atoms with Gasteiger partial charge in [-0.1, -0.05) is 60.1 Å². The number of fused-ring (bicyclic) bond motifs is 1. The molecule has 0 radical (unpaired) electrons. The molecule has 1 aliphatic rings. The summed E-state index contributed by atoms with van der Waals surface area (Å²) in [6, 6.07) is 23.2. The first kappa shape index (κ1) is 17.4. The van der Waals surface area contributed by atoms with Crippen molar-refractivity contribution in [3.8, 4) is 5.75 Å². The van der Waals surface area contributed by atoms with Gasteiger partial charge in [-0.3, -0.25) is 4.79 Å². The highest BCUT2D eigenvalue weighted by Gasteiger charge is 2.36. The van der Waals surface area contributed by atoms with Gasteiger partial charge in [0.15, 0.2) is 0 Å². The number of halogens is 1. The fourth-order valence-corrected chi connectivity index (χ4v) is 3.64. The molecule has 1 aliphatic heterocycles. The minimum absolute atomic E-state index is 0.0200. The summed E-state index contributed by atoms with van der Waals surface area (Å²) in [4.78, 5) is 14.9. The Balaban J connectivity index is 1.68. The number of rotatable bonds is 5. The average Bonchev–Trinajstić information content (AvgIpc) is 2.95. The molecule has 3 aromatic rings. The fourth-order valence-electron chi connectivity index (χ4n) is 3.38. The highest BCUT2D eigenvalue weighted by atomic mass is 35.5. The Bertz CT molecular complexity index is 975. The summed E-state index contributed by atoms with van der Waals surface area (Å²) in [6.07, 6.45) is -0.265. The van der Waals surface area contributed by atoms with Crippen molar-refractivity contribution in [1.29, 1.82) is 0 Å². The lowest BCUT2D eigenvalue weighted by Crippen LogP contribution is -2.31. The van der Waals surface area contributed by atoms with Crippen molar-refractivity contribution in [2.45, 2.75) is 12.7 Å². The lowest BCUT2D eigenvalue weighted by atomic mass is 10.1. The lowest BCUT2D eigenvalue weighted by molar-refractivity contribution is 0.0729. The number of amides is 1. The molecule has 1 atom stereocenters. The Morgan fingerprint density at radius 1 is 1.04 bits per heavy atom. The van der Waals surface area contributed by atoms with E-state index in [1.54, 1.807) is 7.11 Å². The van der Waals surface area contributed by atoms with Crippen molar-refractivity contribution in [3.05, 3.63) is 94.5 Å². The second-order valence-electron chi connectivity index (χ2n) is 6.40. The van der Waals surface area contributed by atoms with Crippen molar-refractivity contribution < 1.29 is 9.53 Å². The van der Waals surface area contributed by atoms with E-state index in [2.05, 4.69) is 5.32 Å². The van der Waals surface area contributed by atoms with Crippen LogP contribution in [-0.2, 0) is 6.54 Å². The lowest BCUT2D eigenvalue weighted by Gasteiger charge is -2.27. The van der Waals surface area contributed by atoms with Crippen LogP contribution in [0.3, 0.4) is 0 Å². The number of ether oxygens (including phenoxy) is 1. The molecule has 1 amide bonds. The zero-order chi connectivity index (χ0) is 18.8. The van der Waals surface area contributed by atoms with E-state index in [1.165, 1.54) is 0 Å². The summed E-state index contributed by atoms with van der Waals surface area (Å²) in [6.45, 7) is 0.524. The smallest absolute Gasteiger partial charge is 0.256 e. The van der Waals surface area contributed by atoms with Crippen LogP contribution < -0.4 is 10.1 Å². The van der Waals surface area contributed by atoms with Gasteiger partial charge in [-0.2, -0.15) is 0 Å². The predicted molar refractivity (Wildman–Crippen MR) is 107 cm³/mol. The number of nitrogens with one attached hydrogen (secondary N) is 1. The number of nitrogens with zero attached hydrogens (tertiary/aromatic N) is 1. The zero-order valence-corrected chi connectivity index (χ0v) is 15.6. The van der Waals surface area contributed by atoms with Gasteiger partial charge in [0.1, 0.15) is 11.9 Å². The van der Waals surface area contributed by atoms with Crippen LogP contribution in [0.5, 0.6) is 5.75 Å². The third-order valence-corrected chi connectivity index (χ3v) is 5.00. The van der Waals surface area contributed by atoms with Gasteiger partial charge in [0.25, 0.3) is 5.91 Å². The molecular weight excluding hydrogens is 360 g/mol. The maximum absolute atomic E-state index is 13.0. The highest BCUT2D eigenvalue weighted by molar-refractivity contribution is 6.32. The first-order chi connectivity index (χ1) is 13.2. The number of carbonyl (C=O) groups is 1. The summed E-state index contributed by atoms with van der Waals surface area (Å²) in [5.41, 5.74) is 3.60. The van der Waals surface area contributed by atoms with Gasteiger partial charge in [0, 0.05) is 23.4 Å². The van der Waals surface area contributed by atoms with Crippen molar-refractivity contribution in [2.24, 2.45) is 0 Å². The van der Waals surface area contributed by atoms with Gasteiger partial charge in [0.05, 0.1) is 12.1 Å². The van der Waals surface area contributed by atoms with Crippen LogP contribution in [0.2, 0.25) is 5.02 Å². The van der Waals surface area contributed by atoms with Crippen molar-refractivity contribution in [3.63, 3.8) is 0 Å². The van der Waals surface area contributed by atoms with Crippen molar-refractivity contribution >= 4 is 23.2 Å². The van der Waals surface area contributed by atoms with Gasteiger partial charge in [-0.05, 0) is 29.8 Å². The maximum atomic E-state index is 13.0. The molecule has 1 heterocycles.